The highest BCUT2D eigenvalue weighted by atomic mass is 16.3. The van der Waals surface area contributed by atoms with Crippen molar-refractivity contribution < 1.29 is 5.11 Å². The molecule has 0 saturated heterocycles. The second-order valence-electron chi connectivity index (χ2n) is 4.97. The van der Waals surface area contributed by atoms with Crippen molar-refractivity contribution in [2.45, 2.75) is 32.0 Å². The Labute approximate surface area is 103 Å². The van der Waals surface area contributed by atoms with Crippen LogP contribution in [0.4, 0.5) is 0 Å². The van der Waals surface area contributed by atoms with Gasteiger partial charge in [-0.05, 0) is 38.1 Å². The Bertz CT molecular complexity index is 365. The van der Waals surface area contributed by atoms with Crippen molar-refractivity contribution >= 4 is 0 Å². The van der Waals surface area contributed by atoms with Gasteiger partial charge in [0.1, 0.15) is 0 Å². The van der Waals surface area contributed by atoms with Crippen LogP contribution in [0.5, 0.6) is 0 Å². The molecule has 1 aliphatic heterocycles. The summed E-state index contributed by atoms with van der Waals surface area (Å²) in [7, 11) is 2.10. The molecule has 0 aromatic heterocycles. The van der Waals surface area contributed by atoms with Crippen LogP contribution in [0.15, 0.2) is 24.3 Å². The van der Waals surface area contributed by atoms with Crippen molar-refractivity contribution in [3.8, 4) is 0 Å². The van der Waals surface area contributed by atoms with Crippen LogP contribution >= 0.6 is 0 Å². The molecular weight excluding hydrogens is 212 g/mol. The molecule has 1 aliphatic rings. The first-order chi connectivity index (χ1) is 8.18. The number of aliphatic hydroxyl groups is 1. The quantitative estimate of drug-likeness (QED) is 0.832. The molecule has 2 N–H and O–H groups in total. The van der Waals surface area contributed by atoms with Gasteiger partial charge in [-0.1, -0.05) is 24.3 Å². The predicted molar refractivity (Wildman–Crippen MR) is 69.8 cm³/mol. The summed E-state index contributed by atoms with van der Waals surface area (Å²) in [6.45, 7) is 4.55. The molecule has 0 amide bonds. The molecule has 0 aliphatic carbocycles. The normalized spacial score (nSPS) is 22.0. The van der Waals surface area contributed by atoms with Crippen LogP contribution in [0, 0.1) is 0 Å². The number of fused-ring (bicyclic) bond motifs is 1. The summed E-state index contributed by atoms with van der Waals surface area (Å²) >= 11 is 0. The fraction of sp³-hybridized carbons (Fsp3) is 0.571. The molecule has 1 aromatic rings. The smallest absolute Gasteiger partial charge is 0.0639 e. The Balaban J connectivity index is 2.22. The van der Waals surface area contributed by atoms with Gasteiger partial charge in [-0.3, -0.25) is 4.90 Å². The van der Waals surface area contributed by atoms with E-state index in [1.165, 1.54) is 11.1 Å². The molecule has 0 saturated carbocycles. The van der Waals surface area contributed by atoms with Gasteiger partial charge in [0.25, 0.3) is 0 Å². The molecule has 1 heterocycles. The molecular formula is C14H22N2O. The SMILES string of the molecule is CC(O)CN(C)C1CCNCc2ccccc21. The lowest BCUT2D eigenvalue weighted by Gasteiger charge is -2.29. The zero-order valence-electron chi connectivity index (χ0n) is 10.7. The van der Waals surface area contributed by atoms with Crippen LogP contribution in [-0.2, 0) is 6.54 Å². The fourth-order valence-corrected chi connectivity index (χ4v) is 2.64. The van der Waals surface area contributed by atoms with Crippen LogP contribution in [0.1, 0.15) is 30.5 Å². The van der Waals surface area contributed by atoms with Gasteiger partial charge in [0.15, 0.2) is 0 Å². The van der Waals surface area contributed by atoms with Gasteiger partial charge >= 0.3 is 0 Å². The highest BCUT2D eigenvalue weighted by Crippen LogP contribution is 2.28. The molecule has 0 spiro atoms. The number of hydrogen-bond donors (Lipinski definition) is 2. The molecule has 3 heteroatoms. The van der Waals surface area contributed by atoms with Crippen LogP contribution in [0.2, 0.25) is 0 Å². The Morgan fingerprint density at radius 3 is 3.00 bits per heavy atom. The summed E-state index contributed by atoms with van der Waals surface area (Å²) in [5.74, 6) is 0. The van der Waals surface area contributed by atoms with E-state index in [0.717, 1.165) is 26.1 Å². The molecule has 2 rings (SSSR count). The maximum absolute atomic E-state index is 9.51. The van der Waals surface area contributed by atoms with Crippen molar-refractivity contribution in [2.75, 3.05) is 20.1 Å². The van der Waals surface area contributed by atoms with E-state index in [1.54, 1.807) is 0 Å². The second-order valence-corrected chi connectivity index (χ2v) is 4.97. The van der Waals surface area contributed by atoms with E-state index in [4.69, 9.17) is 0 Å². The van der Waals surface area contributed by atoms with Gasteiger partial charge in [-0.15, -0.1) is 0 Å². The van der Waals surface area contributed by atoms with E-state index in [0.29, 0.717) is 6.04 Å². The maximum atomic E-state index is 9.51. The van der Waals surface area contributed by atoms with E-state index in [1.807, 2.05) is 6.92 Å². The number of nitrogens with zero attached hydrogens (tertiary/aromatic N) is 1. The summed E-state index contributed by atoms with van der Waals surface area (Å²) in [5.41, 5.74) is 2.79. The molecule has 2 atom stereocenters. The van der Waals surface area contributed by atoms with Crippen molar-refractivity contribution in [1.82, 2.24) is 10.2 Å². The minimum atomic E-state index is -0.275. The van der Waals surface area contributed by atoms with Crippen LogP contribution in [0.25, 0.3) is 0 Å². The summed E-state index contributed by atoms with van der Waals surface area (Å²) in [6, 6.07) is 9.02. The average molecular weight is 234 g/mol. The number of benzene rings is 1. The lowest BCUT2D eigenvalue weighted by atomic mass is 9.98. The van der Waals surface area contributed by atoms with Crippen molar-refractivity contribution in [3.63, 3.8) is 0 Å². The lowest BCUT2D eigenvalue weighted by molar-refractivity contribution is 0.114. The van der Waals surface area contributed by atoms with Gasteiger partial charge in [0, 0.05) is 19.1 Å². The number of likely N-dealkylation sites (N-methyl/N-ethyl adjacent to an activating group) is 1. The first-order valence-corrected chi connectivity index (χ1v) is 6.35. The Kier molecular flexibility index (Phi) is 4.15. The number of aliphatic hydroxyl groups excluding tert-OH is 1. The van der Waals surface area contributed by atoms with Crippen LogP contribution in [0.3, 0.4) is 0 Å². The Morgan fingerprint density at radius 2 is 2.24 bits per heavy atom. The fourth-order valence-electron chi connectivity index (χ4n) is 2.64. The highest BCUT2D eigenvalue weighted by molar-refractivity contribution is 5.31. The molecule has 0 bridgehead atoms. The monoisotopic (exact) mass is 234 g/mol. The van der Waals surface area contributed by atoms with Crippen molar-refractivity contribution in [1.29, 1.82) is 0 Å². The second kappa shape index (κ2) is 5.63. The number of hydrogen-bond acceptors (Lipinski definition) is 3. The van der Waals surface area contributed by atoms with Crippen LogP contribution in [-0.4, -0.2) is 36.2 Å². The molecule has 0 fully saturated rings. The van der Waals surface area contributed by atoms with Gasteiger partial charge in [0.05, 0.1) is 6.10 Å². The summed E-state index contributed by atoms with van der Waals surface area (Å²) in [5, 5.41) is 13.0. The first kappa shape index (κ1) is 12.6. The van der Waals surface area contributed by atoms with Gasteiger partial charge < -0.3 is 10.4 Å². The van der Waals surface area contributed by atoms with E-state index < -0.39 is 0 Å². The third kappa shape index (κ3) is 3.06. The Hall–Kier alpha value is -0.900. The lowest BCUT2D eigenvalue weighted by Crippen LogP contribution is -2.32. The van der Waals surface area contributed by atoms with Crippen molar-refractivity contribution in [3.05, 3.63) is 35.4 Å². The third-order valence-electron chi connectivity index (χ3n) is 3.41. The van der Waals surface area contributed by atoms with E-state index in [9.17, 15) is 5.11 Å². The molecule has 0 radical (unpaired) electrons. The average Bonchev–Trinajstić information content (AvgIpc) is 2.50. The summed E-state index contributed by atoms with van der Waals surface area (Å²) in [6.07, 6.45) is 0.823. The van der Waals surface area contributed by atoms with E-state index in [2.05, 4.69) is 41.5 Å². The standard InChI is InChI=1S/C14H22N2O/c1-11(17)10-16(2)14-7-8-15-9-12-5-3-4-6-13(12)14/h3-6,11,14-15,17H,7-10H2,1-2H3. The molecule has 3 nitrogen and oxygen atoms in total. The molecule has 2 unspecified atom stereocenters. The van der Waals surface area contributed by atoms with Crippen molar-refractivity contribution in [2.24, 2.45) is 0 Å². The molecule has 1 aromatic carbocycles. The topological polar surface area (TPSA) is 35.5 Å². The van der Waals surface area contributed by atoms with Gasteiger partial charge in [-0.25, -0.2) is 0 Å². The van der Waals surface area contributed by atoms with E-state index in [-0.39, 0.29) is 6.10 Å². The van der Waals surface area contributed by atoms with E-state index >= 15 is 0 Å². The van der Waals surface area contributed by atoms with Gasteiger partial charge in [-0.2, -0.15) is 0 Å². The number of rotatable bonds is 3. The predicted octanol–water partition coefficient (Wildman–Crippen LogP) is 1.53. The molecule has 17 heavy (non-hydrogen) atoms. The first-order valence-electron chi connectivity index (χ1n) is 6.35. The molecule has 94 valence electrons. The van der Waals surface area contributed by atoms with Crippen LogP contribution < -0.4 is 5.32 Å². The third-order valence-corrected chi connectivity index (χ3v) is 3.41. The minimum absolute atomic E-state index is 0.275. The summed E-state index contributed by atoms with van der Waals surface area (Å²) in [4.78, 5) is 2.26. The Morgan fingerprint density at radius 1 is 1.47 bits per heavy atom. The summed E-state index contributed by atoms with van der Waals surface area (Å²) < 4.78 is 0. The number of nitrogens with one attached hydrogen (secondary N) is 1. The highest BCUT2D eigenvalue weighted by Gasteiger charge is 2.22. The van der Waals surface area contributed by atoms with Gasteiger partial charge in [0.2, 0.25) is 0 Å². The zero-order valence-corrected chi connectivity index (χ0v) is 10.7. The maximum Gasteiger partial charge on any atom is 0.0639 e. The largest absolute Gasteiger partial charge is 0.392 e. The zero-order chi connectivity index (χ0) is 12.3. The minimum Gasteiger partial charge on any atom is -0.392 e.